The number of fused-ring (bicyclic) bond motifs is 1. The van der Waals surface area contributed by atoms with E-state index in [9.17, 15) is 14.4 Å². The van der Waals surface area contributed by atoms with E-state index >= 15 is 0 Å². The lowest BCUT2D eigenvalue weighted by Gasteiger charge is -2.15. The lowest BCUT2D eigenvalue weighted by molar-refractivity contribution is 0.0623. The summed E-state index contributed by atoms with van der Waals surface area (Å²) in [6.45, 7) is 3.48. The van der Waals surface area contributed by atoms with Gasteiger partial charge in [0.15, 0.2) is 5.78 Å². The molecule has 1 aromatic heterocycles. The molecule has 0 saturated carbocycles. The Kier molecular flexibility index (Phi) is 4.35. The van der Waals surface area contributed by atoms with E-state index in [1.165, 1.54) is 7.11 Å². The van der Waals surface area contributed by atoms with E-state index in [0.29, 0.717) is 11.1 Å². The Hall–Kier alpha value is -3.02. The smallest absolute Gasteiger partial charge is 0.261 e. The summed E-state index contributed by atoms with van der Waals surface area (Å²) < 4.78 is 5.21. The maximum absolute atomic E-state index is 12.7. The van der Waals surface area contributed by atoms with Gasteiger partial charge in [0, 0.05) is 5.69 Å². The monoisotopic (exact) mass is 338 g/mol. The van der Waals surface area contributed by atoms with Crippen LogP contribution in [-0.2, 0) is 6.42 Å². The van der Waals surface area contributed by atoms with Gasteiger partial charge in [0.05, 0.1) is 30.3 Å². The third kappa shape index (κ3) is 2.80. The average Bonchev–Trinajstić information content (AvgIpc) is 2.86. The van der Waals surface area contributed by atoms with Crippen LogP contribution in [0.1, 0.15) is 49.3 Å². The Balaban J connectivity index is 1.91. The minimum atomic E-state index is -0.455. The van der Waals surface area contributed by atoms with E-state index in [-0.39, 0.29) is 23.8 Å². The number of imide groups is 1. The lowest BCUT2D eigenvalue weighted by atomic mass is 10.1. The van der Waals surface area contributed by atoms with Crippen molar-refractivity contribution in [1.82, 2.24) is 9.88 Å². The van der Waals surface area contributed by atoms with Crippen molar-refractivity contribution in [2.75, 3.05) is 13.7 Å². The number of aromatic nitrogens is 1. The number of rotatable bonds is 5. The molecule has 2 amide bonds. The van der Waals surface area contributed by atoms with Gasteiger partial charge in [0.2, 0.25) is 5.88 Å². The molecule has 0 saturated heterocycles. The molecule has 0 aliphatic carbocycles. The third-order valence-corrected chi connectivity index (χ3v) is 4.34. The van der Waals surface area contributed by atoms with Crippen molar-refractivity contribution in [2.24, 2.45) is 0 Å². The molecule has 6 nitrogen and oxygen atoms in total. The maximum atomic E-state index is 12.7. The summed E-state index contributed by atoms with van der Waals surface area (Å²) in [7, 11) is 1.44. The van der Waals surface area contributed by atoms with Crippen molar-refractivity contribution >= 4 is 17.6 Å². The molecule has 0 bridgehead atoms. The van der Waals surface area contributed by atoms with Gasteiger partial charge in [-0.1, -0.05) is 19.1 Å². The number of aryl methyl sites for hydroxylation is 2. The van der Waals surface area contributed by atoms with E-state index in [2.05, 4.69) is 4.98 Å². The molecule has 128 valence electrons. The molecule has 25 heavy (non-hydrogen) atoms. The number of methoxy groups -OCH3 is 1. The van der Waals surface area contributed by atoms with Gasteiger partial charge in [-0.2, -0.15) is 0 Å². The number of carbonyl (C=O) groups excluding carboxylic acids is 3. The molecule has 0 unspecified atom stereocenters. The first-order valence-corrected chi connectivity index (χ1v) is 8.00. The number of carbonyl (C=O) groups is 3. The van der Waals surface area contributed by atoms with Crippen LogP contribution in [-0.4, -0.2) is 41.1 Å². The van der Waals surface area contributed by atoms with Gasteiger partial charge < -0.3 is 4.74 Å². The number of hydrogen-bond donors (Lipinski definition) is 0. The molecule has 2 aromatic rings. The summed E-state index contributed by atoms with van der Waals surface area (Å²) in [5, 5.41) is 0. The average molecular weight is 338 g/mol. The van der Waals surface area contributed by atoms with Gasteiger partial charge in [0.1, 0.15) is 0 Å². The number of benzene rings is 1. The zero-order chi connectivity index (χ0) is 18.1. The van der Waals surface area contributed by atoms with E-state index in [0.717, 1.165) is 22.6 Å². The number of nitrogens with zero attached hydrogens (tertiary/aromatic N) is 2. The predicted molar refractivity (Wildman–Crippen MR) is 91.0 cm³/mol. The SMILES string of the molecule is CCc1cc(C(=O)CN2C(=O)c3ccccc3C2=O)c(OC)nc1C. The standard InChI is InChI=1S/C19H18N2O4/c1-4-12-9-15(17(25-3)20-11(12)2)16(22)10-21-18(23)13-7-5-6-8-14(13)19(21)24/h5-9H,4,10H2,1-3H3. The molecule has 6 heteroatoms. The molecule has 0 fully saturated rings. The number of ketones is 1. The van der Waals surface area contributed by atoms with Crippen molar-refractivity contribution in [3.63, 3.8) is 0 Å². The normalized spacial score (nSPS) is 13.2. The highest BCUT2D eigenvalue weighted by atomic mass is 16.5. The molecule has 1 aliphatic rings. The minimum Gasteiger partial charge on any atom is -0.480 e. The minimum absolute atomic E-state index is 0.205. The third-order valence-electron chi connectivity index (χ3n) is 4.34. The predicted octanol–water partition coefficient (Wildman–Crippen LogP) is 2.44. The number of hydrogen-bond acceptors (Lipinski definition) is 5. The lowest BCUT2D eigenvalue weighted by Crippen LogP contribution is -2.35. The topological polar surface area (TPSA) is 76.6 Å². The van der Waals surface area contributed by atoms with Crippen LogP contribution >= 0.6 is 0 Å². The highest BCUT2D eigenvalue weighted by molar-refractivity contribution is 6.23. The Morgan fingerprint density at radius 3 is 2.28 bits per heavy atom. The Morgan fingerprint density at radius 2 is 1.76 bits per heavy atom. The number of Topliss-reactive ketones (excluding diaryl/α,β-unsaturated/α-hetero) is 1. The summed E-state index contributed by atoms with van der Waals surface area (Å²) in [4.78, 5) is 42.8. The van der Waals surface area contributed by atoms with Crippen molar-refractivity contribution < 1.29 is 19.1 Å². The van der Waals surface area contributed by atoms with Gasteiger partial charge in [0.25, 0.3) is 11.8 Å². The summed E-state index contributed by atoms with van der Waals surface area (Å²) in [5.41, 5.74) is 2.64. The second kappa shape index (κ2) is 6.47. The van der Waals surface area contributed by atoms with Gasteiger partial charge in [-0.25, -0.2) is 4.98 Å². The van der Waals surface area contributed by atoms with E-state index < -0.39 is 11.8 Å². The molecule has 2 heterocycles. The van der Waals surface area contributed by atoms with E-state index in [1.54, 1.807) is 30.3 Å². The molecule has 0 spiro atoms. The summed E-state index contributed by atoms with van der Waals surface area (Å²) >= 11 is 0. The fraction of sp³-hybridized carbons (Fsp3) is 0.263. The summed E-state index contributed by atoms with van der Waals surface area (Å²) in [5.74, 6) is -1.09. The van der Waals surface area contributed by atoms with Gasteiger partial charge in [-0.3, -0.25) is 19.3 Å². The number of amides is 2. The summed E-state index contributed by atoms with van der Waals surface area (Å²) in [6.07, 6.45) is 0.718. The van der Waals surface area contributed by atoms with Crippen LogP contribution in [0.15, 0.2) is 30.3 Å². The zero-order valence-corrected chi connectivity index (χ0v) is 14.3. The first-order chi connectivity index (χ1) is 12.0. The molecule has 1 aromatic carbocycles. The molecule has 0 atom stereocenters. The summed E-state index contributed by atoms with van der Waals surface area (Å²) in [6, 6.07) is 8.28. The van der Waals surface area contributed by atoms with Crippen molar-refractivity contribution in [1.29, 1.82) is 0 Å². The largest absolute Gasteiger partial charge is 0.480 e. The first-order valence-electron chi connectivity index (χ1n) is 8.00. The first kappa shape index (κ1) is 16.8. The van der Waals surface area contributed by atoms with Gasteiger partial charge in [-0.15, -0.1) is 0 Å². The van der Waals surface area contributed by atoms with Crippen molar-refractivity contribution in [2.45, 2.75) is 20.3 Å². The maximum Gasteiger partial charge on any atom is 0.261 e. The van der Waals surface area contributed by atoms with Crippen LogP contribution in [0.2, 0.25) is 0 Å². The van der Waals surface area contributed by atoms with E-state index in [4.69, 9.17) is 4.74 Å². The Labute approximate surface area is 145 Å². The van der Waals surface area contributed by atoms with Crippen LogP contribution in [0.4, 0.5) is 0 Å². The molecule has 0 N–H and O–H groups in total. The molecule has 3 rings (SSSR count). The Morgan fingerprint density at radius 1 is 1.16 bits per heavy atom. The second-order valence-electron chi connectivity index (χ2n) is 5.81. The van der Waals surface area contributed by atoms with E-state index in [1.807, 2.05) is 13.8 Å². The van der Waals surface area contributed by atoms with Crippen LogP contribution in [0.5, 0.6) is 5.88 Å². The van der Waals surface area contributed by atoms with Crippen LogP contribution in [0.3, 0.4) is 0 Å². The highest BCUT2D eigenvalue weighted by Gasteiger charge is 2.36. The van der Waals surface area contributed by atoms with Crippen LogP contribution < -0.4 is 4.74 Å². The molecular weight excluding hydrogens is 320 g/mol. The van der Waals surface area contributed by atoms with Gasteiger partial charge >= 0.3 is 0 Å². The fourth-order valence-electron chi connectivity index (χ4n) is 2.95. The number of ether oxygens (including phenoxy) is 1. The quantitative estimate of drug-likeness (QED) is 0.618. The van der Waals surface area contributed by atoms with Gasteiger partial charge in [-0.05, 0) is 37.1 Å². The fourth-order valence-corrected chi connectivity index (χ4v) is 2.95. The Bertz CT molecular complexity index is 854. The molecule has 1 aliphatic heterocycles. The zero-order valence-electron chi connectivity index (χ0n) is 14.3. The van der Waals surface area contributed by atoms with Crippen molar-refractivity contribution in [3.8, 4) is 5.88 Å². The molecule has 0 radical (unpaired) electrons. The highest BCUT2D eigenvalue weighted by Crippen LogP contribution is 2.25. The molecular formula is C19H18N2O4. The van der Waals surface area contributed by atoms with Crippen molar-refractivity contribution in [3.05, 3.63) is 58.3 Å². The number of pyridine rings is 1. The van der Waals surface area contributed by atoms with Crippen LogP contribution in [0.25, 0.3) is 0 Å². The second-order valence-corrected chi connectivity index (χ2v) is 5.81. The van der Waals surface area contributed by atoms with Crippen LogP contribution in [0, 0.1) is 6.92 Å².